The Morgan fingerprint density at radius 3 is 3.06 bits per heavy atom. The van der Waals surface area contributed by atoms with Gasteiger partial charge in [-0.1, -0.05) is 35.8 Å². The van der Waals surface area contributed by atoms with Crippen LogP contribution < -0.4 is 5.32 Å². The van der Waals surface area contributed by atoms with Gasteiger partial charge in [0, 0.05) is 15.9 Å². The van der Waals surface area contributed by atoms with Crippen LogP contribution in [-0.4, -0.2) is 12.6 Å². The van der Waals surface area contributed by atoms with E-state index in [1.807, 2.05) is 0 Å². The van der Waals surface area contributed by atoms with Gasteiger partial charge < -0.3 is 5.32 Å². The lowest BCUT2D eigenvalue weighted by Crippen LogP contribution is -2.27. The highest BCUT2D eigenvalue weighted by atomic mass is 79.9. The second-order valence-electron chi connectivity index (χ2n) is 5.92. The van der Waals surface area contributed by atoms with E-state index < -0.39 is 0 Å². The smallest absolute Gasteiger partial charge is 0.0178 e. The summed E-state index contributed by atoms with van der Waals surface area (Å²) in [5.74, 6) is 0.868. The van der Waals surface area contributed by atoms with E-state index in [9.17, 15) is 0 Å². The molecule has 0 saturated heterocycles. The Balaban J connectivity index is 1.77. The molecule has 92 valence electrons. The first-order chi connectivity index (χ1) is 8.12. The van der Waals surface area contributed by atoms with E-state index >= 15 is 0 Å². The minimum Gasteiger partial charge on any atom is -0.314 e. The number of fused-ring (bicyclic) bond motifs is 2. The van der Waals surface area contributed by atoms with Crippen molar-refractivity contribution < 1.29 is 0 Å². The second kappa shape index (κ2) is 4.10. The Kier molecular flexibility index (Phi) is 2.83. The molecule has 1 saturated carbocycles. The van der Waals surface area contributed by atoms with Gasteiger partial charge >= 0.3 is 0 Å². The van der Waals surface area contributed by atoms with Gasteiger partial charge in [0.2, 0.25) is 0 Å². The first-order valence-corrected chi connectivity index (χ1v) is 7.43. The maximum absolute atomic E-state index is 3.59. The van der Waals surface area contributed by atoms with Gasteiger partial charge in [-0.15, -0.1) is 0 Å². The molecule has 2 unspecified atom stereocenters. The van der Waals surface area contributed by atoms with Gasteiger partial charge in [-0.2, -0.15) is 0 Å². The van der Waals surface area contributed by atoms with Crippen LogP contribution in [0.5, 0.6) is 0 Å². The van der Waals surface area contributed by atoms with Gasteiger partial charge in [0.05, 0.1) is 0 Å². The minimum atomic E-state index is 0.540. The van der Waals surface area contributed by atoms with Crippen LogP contribution in [0.15, 0.2) is 22.7 Å². The first-order valence-electron chi connectivity index (χ1n) is 6.64. The van der Waals surface area contributed by atoms with Crippen LogP contribution >= 0.6 is 15.9 Å². The lowest BCUT2D eigenvalue weighted by molar-refractivity contribution is 0.511. The zero-order valence-corrected chi connectivity index (χ0v) is 12.2. The van der Waals surface area contributed by atoms with E-state index in [2.05, 4.69) is 53.3 Å². The van der Waals surface area contributed by atoms with Gasteiger partial charge in [0.1, 0.15) is 0 Å². The topological polar surface area (TPSA) is 12.0 Å². The standard InChI is InChI=1S/C15H20BrN/c1-10(2)17-9-12-8-15(12)6-5-11-7-13(16)3-4-14(11)15/h3-4,7,10,12,17H,5-6,8-9H2,1-2H3. The molecule has 2 aliphatic carbocycles. The summed E-state index contributed by atoms with van der Waals surface area (Å²) in [5, 5.41) is 3.59. The Morgan fingerprint density at radius 2 is 2.29 bits per heavy atom. The van der Waals surface area contributed by atoms with Crippen molar-refractivity contribution in [3.05, 3.63) is 33.8 Å². The second-order valence-corrected chi connectivity index (χ2v) is 6.84. The molecule has 0 bridgehead atoms. The third-order valence-corrected chi connectivity index (χ3v) is 4.94. The molecule has 0 radical (unpaired) electrons. The van der Waals surface area contributed by atoms with E-state index in [0.717, 1.165) is 5.92 Å². The lowest BCUT2D eigenvalue weighted by atomic mass is 9.95. The fourth-order valence-electron chi connectivity index (χ4n) is 3.41. The summed E-state index contributed by atoms with van der Waals surface area (Å²) >= 11 is 3.58. The van der Waals surface area contributed by atoms with Crippen LogP contribution in [0.25, 0.3) is 0 Å². The van der Waals surface area contributed by atoms with Crippen molar-refractivity contribution in [2.75, 3.05) is 6.54 Å². The summed E-state index contributed by atoms with van der Waals surface area (Å²) in [6.45, 7) is 5.65. The molecule has 1 nitrogen and oxygen atoms in total. The molecule has 1 N–H and O–H groups in total. The van der Waals surface area contributed by atoms with Gasteiger partial charge in [-0.25, -0.2) is 0 Å². The molecule has 2 atom stereocenters. The Bertz CT molecular complexity index is 441. The van der Waals surface area contributed by atoms with Gasteiger partial charge in [-0.05, 0) is 55.0 Å². The molecule has 1 aromatic rings. The predicted octanol–water partition coefficient (Wildman–Crippen LogP) is 3.65. The zero-order valence-electron chi connectivity index (χ0n) is 10.6. The van der Waals surface area contributed by atoms with Gasteiger partial charge in [0.15, 0.2) is 0 Å². The zero-order chi connectivity index (χ0) is 12.0. The number of benzene rings is 1. The van der Waals surface area contributed by atoms with E-state index in [0.29, 0.717) is 11.5 Å². The highest BCUT2D eigenvalue weighted by molar-refractivity contribution is 9.10. The van der Waals surface area contributed by atoms with E-state index in [1.165, 1.54) is 30.3 Å². The number of hydrogen-bond donors (Lipinski definition) is 1. The molecule has 0 heterocycles. The van der Waals surface area contributed by atoms with Crippen molar-refractivity contribution in [2.45, 2.75) is 44.6 Å². The Hall–Kier alpha value is -0.340. The monoisotopic (exact) mass is 293 g/mol. The number of hydrogen-bond acceptors (Lipinski definition) is 1. The summed E-state index contributed by atoms with van der Waals surface area (Å²) in [5.41, 5.74) is 3.75. The molecular formula is C15H20BrN. The largest absolute Gasteiger partial charge is 0.314 e. The van der Waals surface area contributed by atoms with E-state index in [4.69, 9.17) is 0 Å². The number of nitrogens with one attached hydrogen (secondary N) is 1. The van der Waals surface area contributed by atoms with Crippen LogP contribution in [0, 0.1) is 5.92 Å². The third kappa shape index (κ3) is 1.96. The molecule has 0 aliphatic heterocycles. The molecule has 0 amide bonds. The average molecular weight is 294 g/mol. The number of halogens is 1. The molecule has 1 fully saturated rings. The normalized spacial score (nSPS) is 30.0. The summed E-state index contributed by atoms with van der Waals surface area (Å²) in [6, 6.07) is 7.48. The summed E-state index contributed by atoms with van der Waals surface area (Å²) in [6.07, 6.45) is 4.03. The average Bonchev–Trinajstić information content (AvgIpc) is 2.86. The lowest BCUT2D eigenvalue weighted by Gasteiger charge is -2.13. The van der Waals surface area contributed by atoms with Crippen LogP contribution in [0.4, 0.5) is 0 Å². The summed E-state index contributed by atoms with van der Waals surface area (Å²) in [7, 11) is 0. The quantitative estimate of drug-likeness (QED) is 0.897. The Morgan fingerprint density at radius 1 is 1.47 bits per heavy atom. The Labute approximate surface area is 112 Å². The summed E-state index contributed by atoms with van der Waals surface area (Å²) in [4.78, 5) is 0. The van der Waals surface area contributed by atoms with Gasteiger partial charge in [-0.3, -0.25) is 0 Å². The van der Waals surface area contributed by atoms with Crippen molar-refractivity contribution >= 4 is 15.9 Å². The van der Waals surface area contributed by atoms with Crippen molar-refractivity contribution in [2.24, 2.45) is 5.92 Å². The van der Waals surface area contributed by atoms with Crippen LogP contribution in [0.3, 0.4) is 0 Å². The highest BCUT2D eigenvalue weighted by Gasteiger charge is 2.57. The number of aryl methyl sites for hydroxylation is 1. The van der Waals surface area contributed by atoms with Crippen LogP contribution in [0.2, 0.25) is 0 Å². The first kappa shape index (κ1) is 11.7. The van der Waals surface area contributed by atoms with Gasteiger partial charge in [0.25, 0.3) is 0 Å². The minimum absolute atomic E-state index is 0.540. The third-order valence-electron chi connectivity index (χ3n) is 4.45. The van der Waals surface area contributed by atoms with Crippen molar-refractivity contribution in [3.63, 3.8) is 0 Å². The summed E-state index contributed by atoms with van der Waals surface area (Å²) < 4.78 is 1.23. The SMILES string of the molecule is CC(C)NCC1CC12CCc1cc(Br)ccc12. The fourth-order valence-corrected chi connectivity index (χ4v) is 3.82. The van der Waals surface area contributed by atoms with Crippen molar-refractivity contribution in [1.82, 2.24) is 5.32 Å². The molecule has 17 heavy (non-hydrogen) atoms. The maximum atomic E-state index is 3.59. The molecule has 1 aromatic carbocycles. The van der Waals surface area contributed by atoms with Crippen LogP contribution in [0.1, 0.15) is 37.8 Å². The van der Waals surface area contributed by atoms with E-state index in [-0.39, 0.29) is 0 Å². The molecule has 2 heteroatoms. The van der Waals surface area contributed by atoms with Crippen molar-refractivity contribution in [1.29, 1.82) is 0 Å². The molecular weight excluding hydrogens is 274 g/mol. The molecule has 0 aromatic heterocycles. The maximum Gasteiger partial charge on any atom is 0.0178 e. The molecule has 2 aliphatic rings. The molecule has 1 spiro atoms. The number of rotatable bonds is 3. The predicted molar refractivity (Wildman–Crippen MR) is 75.4 cm³/mol. The fraction of sp³-hybridized carbons (Fsp3) is 0.600. The highest BCUT2D eigenvalue weighted by Crippen LogP contribution is 2.61. The van der Waals surface area contributed by atoms with Crippen molar-refractivity contribution in [3.8, 4) is 0 Å². The van der Waals surface area contributed by atoms with Crippen LogP contribution in [-0.2, 0) is 11.8 Å². The van der Waals surface area contributed by atoms with E-state index in [1.54, 1.807) is 11.1 Å². The molecule has 3 rings (SSSR count).